The fraction of sp³-hybridized carbons (Fsp3) is 0.375. The van der Waals surface area contributed by atoms with Crippen molar-refractivity contribution in [2.75, 3.05) is 13.9 Å². The molecule has 2 aliphatic rings. The van der Waals surface area contributed by atoms with E-state index >= 15 is 0 Å². The number of ether oxygens (including phenoxy) is 3. The molecule has 0 amide bonds. The molecule has 2 aromatic rings. The van der Waals surface area contributed by atoms with E-state index in [-0.39, 0.29) is 35.9 Å². The first kappa shape index (κ1) is 20.4. The molecule has 1 saturated heterocycles. The SMILES string of the molecule is COc1cc(F)c(CC(C)[C@]23C[C@H](Cc4ccccc4)C(=O)C=C2OCO3)cc1O. The minimum atomic E-state index is -0.796. The van der Waals surface area contributed by atoms with Crippen molar-refractivity contribution < 1.29 is 28.5 Å². The van der Waals surface area contributed by atoms with Gasteiger partial charge in [0.2, 0.25) is 0 Å². The molecule has 1 unspecified atom stereocenters. The van der Waals surface area contributed by atoms with Crippen molar-refractivity contribution in [3.63, 3.8) is 0 Å². The van der Waals surface area contributed by atoms with Crippen molar-refractivity contribution in [1.82, 2.24) is 0 Å². The maximum Gasteiger partial charge on any atom is 0.189 e. The largest absolute Gasteiger partial charge is 0.504 e. The van der Waals surface area contributed by atoms with Gasteiger partial charge in [-0.25, -0.2) is 4.39 Å². The molecule has 5 nitrogen and oxygen atoms in total. The minimum Gasteiger partial charge on any atom is -0.504 e. The first-order valence-electron chi connectivity index (χ1n) is 10.0. The zero-order valence-electron chi connectivity index (χ0n) is 17.1. The highest BCUT2D eigenvalue weighted by Gasteiger charge is 2.52. The molecule has 1 N–H and O–H groups in total. The lowest BCUT2D eigenvalue weighted by molar-refractivity contribution is -0.123. The Kier molecular flexibility index (Phi) is 5.52. The van der Waals surface area contributed by atoms with Crippen molar-refractivity contribution in [2.45, 2.75) is 31.8 Å². The number of benzene rings is 2. The second-order valence-electron chi connectivity index (χ2n) is 8.02. The summed E-state index contributed by atoms with van der Waals surface area (Å²) in [4.78, 5) is 12.7. The fourth-order valence-corrected chi connectivity index (χ4v) is 4.49. The summed E-state index contributed by atoms with van der Waals surface area (Å²) >= 11 is 0. The van der Waals surface area contributed by atoms with E-state index in [4.69, 9.17) is 14.2 Å². The fourth-order valence-electron chi connectivity index (χ4n) is 4.49. The molecule has 1 heterocycles. The molecule has 0 bridgehead atoms. The number of allylic oxidation sites excluding steroid dienone is 1. The molecule has 1 aliphatic carbocycles. The molecule has 30 heavy (non-hydrogen) atoms. The Morgan fingerprint density at radius 3 is 2.80 bits per heavy atom. The molecule has 4 rings (SSSR count). The third-order valence-corrected chi connectivity index (χ3v) is 6.17. The molecular weight excluding hydrogens is 387 g/mol. The van der Waals surface area contributed by atoms with Gasteiger partial charge in [0.05, 0.1) is 7.11 Å². The molecule has 0 spiro atoms. The van der Waals surface area contributed by atoms with Gasteiger partial charge >= 0.3 is 0 Å². The summed E-state index contributed by atoms with van der Waals surface area (Å²) in [5.74, 6) is -0.356. The summed E-state index contributed by atoms with van der Waals surface area (Å²) in [6, 6.07) is 12.4. The number of phenolic OH excluding ortho intramolecular Hbond substituents is 1. The smallest absolute Gasteiger partial charge is 0.189 e. The number of carbonyl (C=O) groups excluding carboxylic acids is 1. The van der Waals surface area contributed by atoms with E-state index in [2.05, 4.69) is 0 Å². The monoisotopic (exact) mass is 412 g/mol. The van der Waals surface area contributed by atoms with E-state index in [0.717, 1.165) is 5.56 Å². The predicted octanol–water partition coefficient (Wildman–Crippen LogP) is 4.18. The second-order valence-corrected chi connectivity index (χ2v) is 8.02. The van der Waals surface area contributed by atoms with Crippen LogP contribution in [0.4, 0.5) is 4.39 Å². The summed E-state index contributed by atoms with van der Waals surface area (Å²) in [7, 11) is 1.38. The Labute approximate surface area is 175 Å². The molecule has 0 aromatic heterocycles. The van der Waals surface area contributed by atoms with Crippen molar-refractivity contribution in [3.05, 3.63) is 71.2 Å². The van der Waals surface area contributed by atoms with Gasteiger partial charge in [0, 0.05) is 18.1 Å². The summed E-state index contributed by atoms with van der Waals surface area (Å²) in [6.07, 6.45) is 2.94. The van der Waals surface area contributed by atoms with E-state index in [0.29, 0.717) is 30.6 Å². The number of aromatic hydroxyl groups is 1. The van der Waals surface area contributed by atoms with E-state index < -0.39 is 11.4 Å². The van der Waals surface area contributed by atoms with Crippen molar-refractivity contribution in [2.24, 2.45) is 11.8 Å². The van der Waals surface area contributed by atoms with Gasteiger partial charge in [0.1, 0.15) is 17.2 Å². The van der Waals surface area contributed by atoms with Gasteiger partial charge in [-0.15, -0.1) is 0 Å². The molecule has 0 saturated carbocycles. The molecule has 158 valence electrons. The first-order valence-corrected chi connectivity index (χ1v) is 10.0. The van der Waals surface area contributed by atoms with Crippen molar-refractivity contribution >= 4 is 5.78 Å². The third-order valence-electron chi connectivity index (χ3n) is 6.17. The van der Waals surface area contributed by atoms with Crippen LogP contribution in [0, 0.1) is 17.7 Å². The summed E-state index contributed by atoms with van der Waals surface area (Å²) in [6.45, 7) is 2.02. The number of phenols is 1. The number of carbonyl (C=O) groups is 1. The van der Waals surface area contributed by atoms with Crippen LogP contribution in [0.3, 0.4) is 0 Å². The van der Waals surface area contributed by atoms with Crippen LogP contribution in [0.5, 0.6) is 11.5 Å². The van der Waals surface area contributed by atoms with Crippen LogP contribution in [-0.4, -0.2) is 30.4 Å². The van der Waals surface area contributed by atoms with Gasteiger partial charge in [-0.05, 0) is 42.4 Å². The normalized spacial score (nSPS) is 24.0. The Morgan fingerprint density at radius 1 is 1.30 bits per heavy atom. The van der Waals surface area contributed by atoms with Gasteiger partial charge in [-0.3, -0.25) is 4.79 Å². The second kappa shape index (κ2) is 8.11. The topological polar surface area (TPSA) is 65.0 Å². The lowest BCUT2D eigenvalue weighted by Crippen LogP contribution is -2.45. The van der Waals surface area contributed by atoms with Crippen molar-refractivity contribution in [3.8, 4) is 11.5 Å². The average Bonchev–Trinajstić information content (AvgIpc) is 3.15. The minimum absolute atomic E-state index is 0.0236. The lowest BCUT2D eigenvalue weighted by atomic mass is 9.71. The summed E-state index contributed by atoms with van der Waals surface area (Å²) in [5.41, 5.74) is 0.650. The third kappa shape index (κ3) is 3.67. The number of halogens is 1. The van der Waals surface area contributed by atoms with Gasteiger partial charge in [0.25, 0.3) is 0 Å². The van der Waals surface area contributed by atoms with Crippen LogP contribution < -0.4 is 4.74 Å². The lowest BCUT2D eigenvalue weighted by Gasteiger charge is -2.38. The van der Waals surface area contributed by atoms with E-state index in [1.165, 1.54) is 19.2 Å². The highest BCUT2D eigenvalue weighted by molar-refractivity contribution is 5.94. The Balaban J connectivity index is 1.60. The number of fused-ring (bicyclic) bond motifs is 1. The predicted molar refractivity (Wildman–Crippen MR) is 109 cm³/mol. The Hall–Kier alpha value is -2.86. The molecular formula is C24H25FO5. The maximum absolute atomic E-state index is 14.6. The molecule has 6 heteroatoms. The van der Waals surface area contributed by atoms with E-state index in [1.54, 1.807) is 6.08 Å². The molecule has 3 atom stereocenters. The number of ketones is 1. The van der Waals surface area contributed by atoms with Crippen LogP contribution in [0.25, 0.3) is 0 Å². The van der Waals surface area contributed by atoms with Crippen LogP contribution >= 0.6 is 0 Å². The van der Waals surface area contributed by atoms with E-state index in [1.807, 2.05) is 37.3 Å². The highest BCUT2D eigenvalue weighted by atomic mass is 19.1. The zero-order chi connectivity index (χ0) is 21.3. The van der Waals surface area contributed by atoms with Crippen molar-refractivity contribution in [1.29, 1.82) is 0 Å². The number of hydrogen-bond acceptors (Lipinski definition) is 5. The molecule has 2 aromatic carbocycles. The van der Waals surface area contributed by atoms with Crippen LogP contribution in [0.15, 0.2) is 54.3 Å². The Morgan fingerprint density at radius 2 is 2.07 bits per heavy atom. The van der Waals surface area contributed by atoms with Crippen LogP contribution in [-0.2, 0) is 27.1 Å². The molecule has 0 radical (unpaired) electrons. The standard InChI is InChI=1S/C24H25FO5/c1-15(8-17-10-21(27)22(28-2)11-19(17)25)24-13-18(9-16-6-4-3-5-7-16)20(26)12-23(24)29-14-30-24/h3-7,10-12,15,18,27H,8-9,13-14H2,1-2H3/t15?,18-,24+/m0/s1. The summed E-state index contributed by atoms with van der Waals surface area (Å²) in [5, 5.41) is 10.1. The average molecular weight is 412 g/mol. The van der Waals surface area contributed by atoms with Crippen LogP contribution in [0.2, 0.25) is 0 Å². The first-order chi connectivity index (χ1) is 14.4. The van der Waals surface area contributed by atoms with E-state index in [9.17, 15) is 14.3 Å². The number of rotatable bonds is 6. The summed E-state index contributed by atoms with van der Waals surface area (Å²) < 4.78 is 31.2. The van der Waals surface area contributed by atoms with Gasteiger partial charge in [-0.1, -0.05) is 37.3 Å². The van der Waals surface area contributed by atoms with Gasteiger partial charge in [0.15, 0.2) is 24.1 Å². The Bertz CT molecular complexity index is 971. The van der Waals surface area contributed by atoms with Crippen LogP contribution in [0.1, 0.15) is 24.5 Å². The number of methoxy groups -OCH3 is 1. The molecule has 1 aliphatic heterocycles. The van der Waals surface area contributed by atoms with Gasteiger partial charge < -0.3 is 19.3 Å². The highest BCUT2D eigenvalue weighted by Crippen LogP contribution is 2.46. The maximum atomic E-state index is 14.6. The molecule has 1 fully saturated rings. The number of hydrogen-bond donors (Lipinski definition) is 1. The zero-order valence-corrected chi connectivity index (χ0v) is 17.1. The van der Waals surface area contributed by atoms with Gasteiger partial charge in [-0.2, -0.15) is 0 Å². The quantitative estimate of drug-likeness (QED) is 0.771.